The Balaban J connectivity index is 1.52. The molecular formula is C21H26N6O2. The summed E-state index contributed by atoms with van der Waals surface area (Å²) in [5.74, 6) is 0.753. The molecule has 1 aliphatic rings. The summed E-state index contributed by atoms with van der Waals surface area (Å²) in [7, 11) is 0. The zero-order chi connectivity index (χ0) is 20.2. The highest BCUT2D eigenvalue weighted by Crippen LogP contribution is 2.20. The van der Waals surface area contributed by atoms with Crippen LogP contribution in [0, 0.1) is 0 Å². The molecule has 8 heteroatoms. The molecule has 1 aliphatic heterocycles. The normalized spacial score (nSPS) is 15.0. The fraction of sp³-hybridized carbons (Fsp3) is 0.381. The summed E-state index contributed by atoms with van der Waals surface area (Å²) in [4.78, 5) is 25.9. The van der Waals surface area contributed by atoms with Crippen LogP contribution in [-0.4, -0.2) is 58.0 Å². The molecule has 0 radical (unpaired) electrons. The van der Waals surface area contributed by atoms with E-state index < -0.39 is 0 Å². The molecule has 0 amide bonds. The Hall–Kier alpha value is -3.13. The van der Waals surface area contributed by atoms with Crippen LogP contribution >= 0.6 is 0 Å². The summed E-state index contributed by atoms with van der Waals surface area (Å²) in [5.41, 5.74) is 9.20. The number of hydrogen-bond donors (Lipinski definition) is 1. The molecule has 0 unspecified atom stereocenters. The number of imidazole rings is 1. The van der Waals surface area contributed by atoms with Gasteiger partial charge in [-0.2, -0.15) is 0 Å². The third-order valence-electron chi connectivity index (χ3n) is 5.16. The third-order valence-corrected chi connectivity index (χ3v) is 5.16. The van der Waals surface area contributed by atoms with E-state index in [2.05, 4.69) is 19.8 Å². The Morgan fingerprint density at radius 2 is 2.00 bits per heavy atom. The number of carbonyl (C=O) groups is 1. The number of hydrogen-bond acceptors (Lipinski definition) is 7. The van der Waals surface area contributed by atoms with Crippen molar-refractivity contribution in [2.75, 3.05) is 43.4 Å². The number of fused-ring (bicyclic) bond motifs is 1. The molecule has 1 saturated heterocycles. The van der Waals surface area contributed by atoms with Crippen molar-refractivity contribution < 1.29 is 9.53 Å². The number of anilines is 2. The number of esters is 1. The van der Waals surface area contributed by atoms with Crippen molar-refractivity contribution in [2.45, 2.75) is 19.9 Å². The van der Waals surface area contributed by atoms with Crippen LogP contribution in [0.5, 0.6) is 0 Å². The maximum Gasteiger partial charge on any atom is 0.311 e. The quantitative estimate of drug-likeness (QED) is 0.637. The summed E-state index contributed by atoms with van der Waals surface area (Å²) < 4.78 is 7.13. The van der Waals surface area contributed by atoms with Crippen molar-refractivity contribution in [2.24, 2.45) is 0 Å². The van der Waals surface area contributed by atoms with Gasteiger partial charge in [0, 0.05) is 50.8 Å². The lowest BCUT2D eigenvalue weighted by Gasteiger charge is -2.35. The van der Waals surface area contributed by atoms with Crippen molar-refractivity contribution >= 4 is 23.1 Å². The molecule has 29 heavy (non-hydrogen) atoms. The molecule has 0 saturated carbocycles. The van der Waals surface area contributed by atoms with Crippen LogP contribution in [-0.2, 0) is 22.5 Å². The summed E-state index contributed by atoms with van der Waals surface area (Å²) in [6.45, 7) is 6.51. The average Bonchev–Trinajstić information content (AvgIpc) is 3.05. The van der Waals surface area contributed by atoms with Gasteiger partial charge in [-0.25, -0.2) is 9.97 Å². The molecule has 4 heterocycles. The highest BCUT2D eigenvalue weighted by molar-refractivity contribution is 5.73. The van der Waals surface area contributed by atoms with Crippen LogP contribution in [0.15, 0.2) is 42.7 Å². The van der Waals surface area contributed by atoms with Crippen LogP contribution in [0.3, 0.4) is 0 Å². The molecule has 1 fully saturated rings. The number of rotatable bonds is 6. The molecule has 8 nitrogen and oxygen atoms in total. The maximum atomic E-state index is 12.1. The van der Waals surface area contributed by atoms with E-state index in [1.807, 2.05) is 54.0 Å². The molecule has 0 aliphatic carbocycles. The minimum Gasteiger partial charge on any atom is -0.466 e. The molecule has 0 bridgehead atoms. The van der Waals surface area contributed by atoms with Crippen LogP contribution in [0.1, 0.15) is 18.3 Å². The Bertz CT molecular complexity index is 980. The predicted octanol–water partition coefficient (Wildman–Crippen LogP) is 1.74. The van der Waals surface area contributed by atoms with Gasteiger partial charge in [-0.05, 0) is 31.2 Å². The molecule has 2 N–H and O–H groups in total. The van der Waals surface area contributed by atoms with Crippen LogP contribution in [0.25, 0.3) is 5.65 Å². The number of piperazine rings is 1. The lowest BCUT2D eigenvalue weighted by Crippen LogP contribution is -2.46. The Kier molecular flexibility index (Phi) is 5.62. The molecule has 3 aromatic heterocycles. The number of nitrogens with two attached hydrogens (primary N) is 1. The molecule has 0 atom stereocenters. The van der Waals surface area contributed by atoms with E-state index in [0.29, 0.717) is 18.8 Å². The monoisotopic (exact) mass is 394 g/mol. The molecule has 0 aromatic carbocycles. The summed E-state index contributed by atoms with van der Waals surface area (Å²) >= 11 is 0. The summed E-state index contributed by atoms with van der Waals surface area (Å²) in [5, 5.41) is 0. The lowest BCUT2D eigenvalue weighted by atomic mass is 10.2. The van der Waals surface area contributed by atoms with E-state index >= 15 is 0 Å². The van der Waals surface area contributed by atoms with E-state index in [0.717, 1.165) is 49.0 Å². The van der Waals surface area contributed by atoms with Gasteiger partial charge in [0.2, 0.25) is 0 Å². The molecular weight excluding hydrogens is 368 g/mol. The van der Waals surface area contributed by atoms with Crippen molar-refractivity contribution in [3.05, 3.63) is 54.1 Å². The second-order valence-electron chi connectivity index (χ2n) is 7.13. The van der Waals surface area contributed by atoms with Crippen molar-refractivity contribution in [3.8, 4) is 0 Å². The van der Waals surface area contributed by atoms with Gasteiger partial charge in [0.05, 0.1) is 24.4 Å². The summed E-state index contributed by atoms with van der Waals surface area (Å²) in [6.07, 6.45) is 3.86. The van der Waals surface area contributed by atoms with Crippen molar-refractivity contribution in [1.82, 2.24) is 19.3 Å². The summed E-state index contributed by atoms with van der Waals surface area (Å²) in [6, 6.07) is 9.69. The van der Waals surface area contributed by atoms with Crippen LogP contribution in [0.2, 0.25) is 0 Å². The van der Waals surface area contributed by atoms with E-state index in [1.165, 1.54) is 0 Å². The Morgan fingerprint density at radius 1 is 1.17 bits per heavy atom. The first-order valence-corrected chi connectivity index (χ1v) is 9.93. The van der Waals surface area contributed by atoms with Crippen molar-refractivity contribution in [1.29, 1.82) is 0 Å². The molecule has 4 rings (SSSR count). The number of nitrogens with zero attached hydrogens (tertiary/aromatic N) is 5. The number of nitrogen functional groups attached to an aromatic ring is 1. The third kappa shape index (κ3) is 4.32. The number of aromatic nitrogens is 3. The fourth-order valence-corrected chi connectivity index (χ4v) is 3.70. The SMILES string of the molecule is CCOC(=O)Cc1nc2ccc(N)cn2c1CN1CCN(c2ccccn2)CC1. The Labute approximate surface area is 169 Å². The van der Waals surface area contributed by atoms with Gasteiger partial charge in [-0.15, -0.1) is 0 Å². The first kappa shape index (κ1) is 19.2. The topological polar surface area (TPSA) is 89.0 Å². The van der Waals surface area contributed by atoms with E-state index in [4.69, 9.17) is 10.5 Å². The van der Waals surface area contributed by atoms with E-state index in [9.17, 15) is 4.79 Å². The minimum atomic E-state index is -0.259. The highest BCUT2D eigenvalue weighted by Gasteiger charge is 2.22. The number of carbonyl (C=O) groups excluding carboxylic acids is 1. The van der Waals surface area contributed by atoms with Gasteiger partial charge >= 0.3 is 5.97 Å². The van der Waals surface area contributed by atoms with Crippen LogP contribution < -0.4 is 10.6 Å². The maximum absolute atomic E-state index is 12.1. The van der Waals surface area contributed by atoms with Gasteiger partial charge < -0.3 is 19.8 Å². The highest BCUT2D eigenvalue weighted by atomic mass is 16.5. The number of ether oxygens (including phenoxy) is 1. The van der Waals surface area contributed by atoms with Crippen LogP contribution in [0.4, 0.5) is 11.5 Å². The lowest BCUT2D eigenvalue weighted by molar-refractivity contribution is -0.142. The molecule has 0 spiro atoms. The smallest absolute Gasteiger partial charge is 0.311 e. The molecule has 152 valence electrons. The van der Waals surface area contributed by atoms with Gasteiger partial charge in [0.1, 0.15) is 11.5 Å². The van der Waals surface area contributed by atoms with Gasteiger partial charge in [0.15, 0.2) is 0 Å². The Morgan fingerprint density at radius 3 is 2.72 bits per heavy atom. The average molecular weight is 394 g/mol. The fourth-order valence-electron chi connectivity index (χ4n) is 3.70. The van der Waals surface area contributed by atoms with Gasteiger partial charge in [-0.1, -0.05) is 6.07 Å². The zero-order valence-electron chi connectivity index (χ0n) is 16.6. The van der Waals surface area contributed by atoms with E-state index in [-0.39, 0.29) is 12.4 Å². The minimum absolute atomic E-state index is 0.165. The molecule has 3 aromatic rings. The van der Waals surface area contributed by atoms with Crippen molar-refractivity contribution in [3.63, 3.8) is 0 Å². The second-order valence-corrected chi connectivity index (χ2v) is 7.13. The van der Waals surface area contributed by atoms with E-state index in [1.54, 1.807) is 0 Å². The zero-order valence-corrected chi connectivity index (χ0v) is 16.6. The van der Waals surface area contributed by atoms with Gasteiger partial charge in [-0.3, -0.25) is 9.69 Å². The second kappa shape index (κ2) is 8.48. The first-order chi connectivity index (χ1) is 14.1. The first-order valence-electron chi connectivity index (χ1n) is 9.93. The number of pyridine rings is 2. The largest absolute Gasteiger partial charge is 0.466 e. The predicted molar refractivity (Wildman–Crippen MR) is 112 cm³/mol. The standard InChI is InChI=1S/C21H26N6O2/c1-2-29-21(28)13-17-18(27-14-16(22)6-7-20(27)24-17)15-25-9-11-26(12-10-25)19-5-3-4-8-23-19/h3-8,14H,2,9-13,15,22H2,1H3. The van der Waals surface area contributed by atoms with Gasteiger partial charge in [0.25, 0.3) is 0 Å².